The molecule has 1 N–H and O–H groups in total. The molecule has 0 fully saturated rings. The van der Waals surface area contributed by atoms with Gasteiger partial charge >= 0.3 is 11.9 Å². The monoisotopic (exact) mass is 248 g/mol. The minimum Gasteiger partial charge on any atom is -0.481 e. The summed E-state index contributed by atoms with van der Waals surface area (Å²) in [6.07, 6.45) is 2.38. The van der Waals surface area contributed by atoms with Gasteiger partial charge in [-0.15, -0.1) is 0 Å². The van der Waals surface area contributed by atoms with E-state index in [1.807, 2.05) is 24.3 Å². The van der Waals surface area contributed by atoms with Crippen LogP contribution in [-0.2, 0) is 20.7 Å². The molecule has 18 heavy (non-hydrogen) atoms. The van der Waals surface area contributed by atoms with Crippen LogP contribution in [0.15, 0.2) is 24.3 Å². The van der Waals surface area contributed by atoms with Gasteiger partial charge < -0.3 is 9.84 Å². The lowest BCUT2D eigenvalue weighted by Crippen LogP contribution is -2.17. The number of fused-ring (bicyclic) bond motifs is 1. The Morgan fingerprint density at radius 2 is 2.06 bits per heavy atom. The van der Waals surface area contributed by atoms with Gasteiger partial charge in [-0.2, -0.15) is 0 Å². The molecule has 1 aromatic carbocycles. The first kappa shape index (κ1) is 12.6. The summed E-state index contributed by atoms with van der Waals surface area (Å²) in [6, 6.07) is 7.94. The van der Waals surface area contributed by atoms with Gasteiger partial charge in [-0.25, -0.2) is 0 Å². The van der Waals surface area contributed by atoms with Gasteiger partial charge in [0.25, 0.3) is 0 Å². The second kappa shape index (κ2) is 5.67. The van der Waals surface area contributed by atoms with Crippen molar-refractivity contribution in [3.63, 3.8) is 0 Å². The molecule has 0 spiro atoms. The molecule has 0 saturated heterocycles. The molecule has 0 heterocycles. The standard InChI is InChI=1S/C14H16O4/c15-13(16)8-9-14(17)18-12-7-3-5-10-4-1-2-6-11(10)12/h1-2,4,6,12H,3,5,7-9H2,(H,15,16)/t12-/m1/s1. The average Bonchev–Trinajstić information content (AvgIpc) is 2.37. The number of carboxylic acids is 1. The fourth-order valence-corrected chi connectivity index (χ4v) is 2.26. The maximum absolute atomic E-state index is 11.5. The highest BCUT2D eigenvalue weighted by Crippen LogP contribution is 2.32. The van der Waals surface area contributed by atoms with E-state index >= 15 is 0 Å². The van der Waals surface area contributed by atoms with Gasteiger partial charge in [-0.3, -0.25) is 9.59 Å². The number of carboxylic acid groups (broad SMARTS) is 1. The minimum atomic E-state index is -0.976. The topological polar surface area (TPSA) is 63.6 Å². The molecule has 0 saturated carbocycles. The second-order valence-corrected chi connectivity index (χ2v) is 4.46. The number of hydrogen-bond donors (Lipinski definition) is 1. The number of aliphatic carboxylic acids is 1. The molecule has 1 aliphatic rings. The van der Waals surface area contributed by atoms with Crippen molar-refractivity contribution in [2.24, 2.45) is 0 Å². The molecule has 0 aliphatic heterocycles. The number of aryl methyl sites for hydroxylation is 1. The van der Waals surface area contributed by atoms with E-state index in [9.17, 15) is 9.59 Å². The Bertz CT molecular complexity index is 453. The summed E-state index contributed by atoms with van der Waals surface area (Å²) in [7, 11) is 0. The zero-order valence-electron chi connectivity index (χ0n) is 10.1. The zero-order valence-corrected chi connectivity index (χ0v) is 10.1. The van der Waals surface area contributed by atoms with Crippen LogP contribution >= 0.6 is 0 Å². The van der Waals surface area contributed by atoms with Crippen LogP contribution in [0, 0.1) is 0 Å². The molecule has 0 unspecified atom stereocenters. The van der Waals surface area contributed by atoms with Crippen LogP contribution < -0.4 is 0 Å². The first-order chi connectivity index (χ1) is 8.66. The summed E-state index contributed by atoms with van der Waals surface area (Å²) >= 11 is 0. The van der Waals surface area contributed by atoms with Gasteiger partial charge in [0, 0.05) is 0 Å². The van der Waals surface area contributed by atoms with Crippen molar-refractivity contribution >= 4 is 11.9 Å². The lowest BCUT2D eigenvalue weighted by molar-refractivity contribution is -0.153. The van der Waals surface area contributed by atoms with E-state index < -0.39 is 11.9 Å². The Balaban J connectivity index is 1.98. The Hall–Kier alpha value is -1.84. The predicted molar refractivity (Wildman–Crippen MR) is 65.1 cm³/mol. The van der Waals surface area contributed by atoms with E-state index in [1.165, 1.54) is 5.56 Å². The van der Waals surface area contributed by atoms with Crippen LogP contribution in [0.4, 0.5) is 0 Å². The normalized spacial score (nSPS) is 17.9. The van der Waals surface area contributed by atoms with Gasteiger partial charge in [0.2, 0.25) is 0 Å². The summed E-state index contributed by atoms with van der Waals surface area (Å²) in [5, 5.41) is 8.52. The van der Waals surface area contributed by atoms with E-state index in [-0.39, 0.29) is 18.9 Å². The highest BCUT2D eigenvalue weighted by Gasteiger charge is 2.23. The van der Waals surface area contributed by atoms with E-state index in [0.717, 1.165) is 24.8 Å². The van der Waals surface area contributed by atoms with Crippen LogP contribution in [-0.4, -0.2) is 17.0 Å². The van der Waals surface area contributed by atoms with E-state index in [1.54, 1.807) is 0 Å². The lowest BCUT2D eigenvalue weighted by Gasteiger charge is -2.25. The van der Waals surface area contributed by atoms with Crippen molar-refractivity contribution in [3.05, 3.63) is 35.4 Å². The van der Waals surface area contributed by atoms with Gasteiger partial charge in [0.05, 0.1) is 12.8 Å². The average molecular weight is 248 g/mol. The number of carbonyl (C=O) groups is 2. The van der Waals surface area contributed by atoms with Crippen molar-refractivity contribution in [1.82, 2.24) is 0 Å². The number of ether oxygens (including phenoxy) is 1. The third-order valence-corrected chi connectivity index (χ3v) is 3.13. The van der Waals surface area contributed by atoms with Crippen LogP contribution in [0.1, 0.15) is 42.9 Å². The maximum atomic E-state index is 11.5. The van der Waals surface area contributed by atoms with E-state index in [0.29, 0.717) is 0 Å². The Labute approximate surface area is 106 Å². The molecule has 96 valence electrons. The summed E-state index contributed by atoms with van der Waals surface area (Å²) in [5.41, 5.74) is 2.28. The summed E-state index contributed by atoms with van der Waals surface area (Å²) in [5.74, 6) is -1.41. The van der Waals surface area contributed by atoms with Crippen LogP contribution in [0.2, 0.25) is 0 Å². The Kier molecular flexibility index (Phi) is 3.97. The maximum Gasteiger partial charge on any atom is 0.306 e. The van der Waals surface area contributed by atoms with Crippen molar-refractivity contribution < 1.29 is 19.4 Å². The first-order valence-corrected chi connectivity index (χ1v) is 6.16. The third kappa shape index (κ3) is 3.09. The molecular weight excluding hydrogens is 232 g/mol. The van der Waals surface area contributed by atoms with E-state index in [4.69, 9.17) is 9.84 Å². The van der Waals surface area contributed by atoms with Crippen molar-refractivity contribution in [2.75, 3.05) is 0 Å². The molecule has 0 bridgehead atoms. The van der Waals surface area contributed by atoms with Crippen LogP contribution in [0.3, 0.4) is 0 Å². The smallest absolute Gasteiger partial charge is 0.306 e. The predicted octanol–water partition coefficient (Wildman–Crippen LogP) is 2.47. The molecule has 4 nitrogen and oxygen atoms in total. The van der Waals surface area contributed by atoms with E-state index in [2.05, 4.69) is 0 Å². The Morgan fingerprint density at radius 1 is 1.28 bits per heavy atom. The zero-order chi connectivity index (χ0) is 13.0. The number of benzene rings is 1. The molecule has 1 aromatic rings. The van der Waals surface area contributed by atoms with Gasteiger partial charge in [-0.1, -0.05) is 24.3 Å². The molecule has 4 heteroatoms. The van der Waals surface area contributed by atoms with Gasteiger partial charge in [-0.05, 0) is 30.4 Å². The molecule has 0 radical (unpaired) electrons. The van der Waals surface area contributed by atoms with Crippen molar-refractivity contribution in [1.29, 1.82) is 0 Å². The molecule has 2 rings (SSSR count). The van der Waals surface area contributed by atoms with Gasteiger partial charge in [0.15, 0.2) is 0 Å². The molecular formula is C14H16O4. The molecule has 1 aliphatic carbocycles. The fraction of sp³-hybridized carbons (Fsp3) is 0.429. The Morgan fingerprint density at radius 3 is 2.83 bits per heavy atom. The quantitative estimate of drug-likeness (QED) is 0.831. The number of hydrogen-bond acceptors (Lipinski definition) is 3. The lowest BCUT2D eigenvalue weighted by atomic mass is 9.89. The number of carbonyl (C=O) groups excluding carboxylic acids is 1. The fourth-order valence-electron chi connectivity index (χ4n) is 2.26. The summed E-state index contributed by atoms with van der Waals surface area (Å²) < 4.78 is 5.37. The number of esters is 1. The SMILES string of the molecule is O=C(O)CCC(=O)O[C@@H]1CCCc2ccccc21. The van der Waals surface area contributed by atoms with Crippen molar-refractivity contribution in [3.8, 4) is 0 Å². The van der Waals surface area contributed by atoms with Crippen LogP contribution in [0.5, 0.6) is 0 Å². The second-order valence-electron chi connectivity index (χ2n) is 4.46. The highest BCUT2D eigenvalue weighted by atomic mass is 16.5. The molecule has 1 atom stereocenters. The number of rotatable bonds is 4. The summed E-state index contributed by atoms with van der Waals surface area (Å²) in [6.45, 7) is 0. The largest absolute Gasteiger partial charge is 0.481 e. The summed E-state index contributed by atoms with van der Waals surface area (Å²) in [4.78, 5) is 21.9. The van der Waals surface area contributed by atoms with Crippen molar-refractivity contribution in [2.45, 2.75) is 38.2 Å². The minimum absolute atomic E-state index is 0.0615. The third-order valence-electron chi connectivity index (χ3n) is 3.13. The molecule has 0 aromatic heterocycles. The van der Waals surface area contributed by atoms with Crippen LogP contribution in [0.25, 0.3) is 0 Å². The van der Waals surface area contributed by atoms with Gasteiger partial charge in [0.1, 0.15) is 6.10 Å². The highest BCUT2D eigenvalue weighted by molar-refractivity contribution is 5.76. The molecule has 0 amide bonds. The first-order valence-electron chi connectivity index (χ1n) is 6.16.